The maximum Gasteiger partial charge on any atom is 0.416 e. The summed E-state index contributed by atoms with van der Waals surface area (Å²) in [5, 5.41) is 13.1. The second-order valence-electron chi connectivity index (χ2n) is 4.82. The summed E-state index contributed by atoms with van der Waals surface area (Å²) in [6.45, 7) is 1.40. The van der Waals surface area contributed by atoms with Gasteiger partial charge in [-0.3, -0.25) is 4.90 Å². The lowest BCUT2D eigenvalue weighted by Gasteiger charge is -2.22. The maximum atomic E-state index is 12.9. The van der Waals surface area contributed by atoms with E-state index in [4.69, 9.17) is 0 Å². The first-order valence-electron chi connectivity index (χ1n) is 6.23. The highest BCUT2D eigenvalue weighted by molar-refractivity contribution is 5.82. The van der Waals surface area contributed by atoms with E-state index in [2.05, 4.69) is 15.1 Å². The number of pyridine rings is 1. The van der Waals surface area contributed by atoms with Crippen LogP contribution >= 0.6 is 0 Å². The van der Waals surface area contributed by atoms with Crippen molar-refractivity contribution in [1.29, 1.82) is 0 Å². The van der Waals surface area contributed by atoms with E-state index in [0.29, 0.717) is 0 Å². The van der Waals surface area contributed by atoms with Crippen LogP contribution in [0, 0.1) is 6.92 Å². The number of aryl methyl sites for hydroxylation is 1. The third-order valence-electron chi connectivity index (χ3n) is 3.27. The zero-order valence-corrected chi connectivity index (χ0v) is 11.2. The summed E-state index contributed by atoms with van der Waals surface area (Å²) in [6.07, 6.45) is -3.34. The Labute approximate surface area is 122 Å². The number of nitrogens with zero attached hydrogens (tertiary/aromatic N) is 5. The second-order valence-corrected chi connectivity index (χ2v) is 4.82. The van der Waals surface area contributed by atoms with Crippen molar-refractivity contribution in [2.75, 3.05) is 4.90 Å². The lowest BCUT2D eigenvalue weighted by molar-refractivity contribution is -0.138. The van der Waals surface area contributed by atoms with E-state index in [1.807, 2.05) is 0 Å². The molecule has 1 aliphatic rings. The SMILES string of the molecule is Cc1cc(C(F)(F)F)cc(N2c3ncnn3CC2C(=O)O)n1. The molecule has 0 radical (unpaired) electrons. The van der Waals surface area contributed by atoms with Gasteiger partial charge in [-0.25, -0.2) is 14.5 Å². The van der Waals surface area contributed by atoms with Crippen LogP contribution in [0.2, 0.25) is 0 Å². The molecule has 10 heteroatoms. The van der Waals surface area contributed by atoms with Gasteiger partial charge in [0.1, 0.15) is 12.1 Å². The molecule has 1 atom stereocenters. The molecule has 0 saturated heterocycles. The largest absolute Gasteiger partial charge is 0.480 e. The molecule has 7 nitrogen and oxygen atoms in total. The molecule has 0 aliphatic carbocycles. The number of aliphatic carboxylic acids is 1. The summed E-state index contributed by atoms with van der Waals surface area (Å²) in [6, 6.07) is 0.611. The van der Waals surface area contributed by atoms with Crippen LogP contribution in [0.1, 0.15) is 11.3 Å². The Hall–Kier alpha value is -2.65. The fourth-order valence-corrected chi connectivity index (χ4v) is 2.35. The van der Waals surface area contributed by atoms with Gasteiger partial charge >= 0.3 is 12.1 Å². The molecule has 1 aliphatic heterocycles. The normalized spacial score (nSPS) is 17.6. The van der Waals surface area contributed by atoms with Gasteiger partial charge < -0.3 is 5.11 Å². The van der Waals surface area contributed by atoms with Crippen molar-refractivity contribution in [3.8, 4) is 0 Å². The Balaban J connectivity index is 2.13. The summed E-state index contributed by atoms with van der Waals surface area (Å²) in [7, 11) is 0. The number of halogens is 3. The van der Waals surface area contributed by atoms with Crippen molar-refractivity contribution in [1.82, 2.24) is 19.7 Å². The van der Waals surface area contributed by atoms with E-state index in [9.17, 15) is 23.1 Å². The van der Waals surface area contributed by atoms with Crippen LogP contribution in [-0.2, 0) is 17.5 Å². The van der Waals surface area contributed by atoms with E-state index in [0.717, 1.165) is 17.0 Å². The first-order valence-corrected chi connectivity index (χ1v) is 6.23. The molecule has 0 amide bonds. The summed E-state index contributed by atoms with van der Waals surface area (Å²) in [5.41, 5.74) is -0.760. The van der Waals surface area contributed by atoms with Gasteiger partial charge in [0.05, 0.1) is 12.1 Å². The predicted molar refractivity (Wildman–Crippen MR) is 67.6 cm³/mol. The molecule has 0 spiro atoms. The van der Waals surface area contributed by atoms with Gasteiger partial charge in [-0.1, -0.05) is 0 Å². The van der Waals surface area contributed by atoms with Gasteiger partial charge in [-0.05, 0) is 19.1 Å². The molecule has 2 aromatic heterocycles. The van der Waals surface area contributed by atoms with E-state index in [1.54, 1.807) is 0 Å². The maximum absolute atomic E-state index is 12.9. The van der Waals surface area contributed by atoms with Crippen molar-refractivity contribution in [3.63, 3.8) is 0 Å². The first-order chi connectivity index (χ1) is 10.3. The molecule has 0 aromatic carbocycles. The van der Waals surface area contributed by atoms with Crippen molar-refractivity contribution in [3.05, 3.63) is 29.7 Å². The molecule has 0 fully saturated rings. The van der Waals surface area contributed by atoms with Crippen molar-refractivity contribution < 1.29 is 23.1 Å². The Morgan fingerprint density at radius 2 is 2.14 bits per heavy atom. The third-order valence-corrected chi connectivity index (χ3v) is 3.27. The van der Waals surface area contributed by atoms with Gasteiger partial charge in [0.15, 0.2) is 6.04 Å². The first kappa shape index (κ1) is 14.3. The average Bonchev–Trinajstić information content (AvgIpc) is 2.96. The number of carboxylic acids is 1. The van der Waals surface area contributed by atoms with Gasteiger partial charge in [0.25, 0.3) is 0 Å². The minimum Gasteiger partial charge on any atom is -0.480 e. The van der Waals surface area contributed by atoms with Crippen LogP contribution in [0.15, 0.2) is 18.5 Å². The molecule has 0 saturated carbocycles. The summed E-state index contributed by atoms with van der Waals surface area (Å²) >= 11 is 0. The van der Waals surface area contributed by atoms with Gasteiger partial charge in [-0.15, -0.1) is 0 Å². The summed E-state index contributed by atoms with van der Waals surface area (Å²) in [4.78, 5) is 20.4. The van der Waals surface area contributed by atoms with Gasteiger partial charge in [0, 0.05) is 5.69 Å². The number of aromatic nitrogens is 4. The Kier molecular flexibility index (Phi) is 3.04. The Bertz CT molecular complexity index is 743. The Morgan fingerprint density at radius 1 is 1.41 bits per heavy atom. The zero-order chi connectivity index (χ0) is 16.1. The lowest BCUT2D eigenvalue weighted by Crippen LogP contribution is -2.36. The van der Waals surface area contributed by atoms with Crippen LogP contribution in [0.5, 0.6) is 0 Å². The van der Waals surface area contributed by atoms with Crippen LogP contribution in [0.25, 0.3) is 0 Å². The fourth-order valence-electron chi connectivity index (χ4n) is 2.35. The molecule has 116 valence electrons. The monoisotopic (exact) mass is 313 g/mol. The van der Waals surface area contributed by atoms with Gasteiger partial charge in [0.2, 0.25) is 5.95 Å². The quantitative estimate of drug-likeness (QED) is 0.906. The number of hydrogen-bond donors (Lipinski definition) is 1. The van der Waals surface area contributed by atoms with Crippen molar-refractivity contribution in [2.45, 2.75) is 25.7 Å². The third kappa shape index (κ3) is 2.26. The number of rotatable bonds is 2. The van der Waals surface area contributed by atoms with E-state index >= 15 is 0 Å². The van der Waals surface area contributed by atoms with E-state index in [1.165, 1.54) is 17.9 Å². The molecule has 2 aromatic rings. The number of fused-ring (bicyclic) bond motifs is 1. The number of anilines is 2. The lowest BCUT2D eigenvalue weighted by atomic mass is 10.2. The zero-order valence-electron chi connectivity index (χ0n) is 11.2. The van der Waals surface area contributed by atoms with Crippen molar-refractivity contribution in [2.24, 2.45) is 0 Å². The molecule has 0 bridgehead atoms. The predicted octanol–water partition coefficient (Wildman–Crippen LogP) is 1.61. The van der Waals surface area contributed by atoms with Gasteiger partial charge in [-0.2, -0.15) is 23.3 Å². The second kappa shape index (κ2) is 4.68. The minimum absolute atomic E-state index is 0.0123. The highest BCUT2D eigenvalue weighted by Crippen LogP contribution is 2.35. The van der Waals surface area contributed by atoms with Crippen LogP contribution in [0.3, 0.4) is 0 Å². The van der Waals surface area contributed by atoms with Crippen molar-refractivity contribution >= 4 is 17.7 Å². The fraction of sp³-hybridized carbons (Fsp3) is 0.333. The number of carbonyl (C=O) groups is 1. The average molecular weight is 313 g/mol. The molecule has 3 rings (SSSR count). The summed E-state index contributed by atoms with van der Waals surface area (Å²) in [5.74, 6) is -1.16. The Morgan fingerprint density at radius 3 is 2.77 bits per heavy atom. The number of alkyl halides is 3. The van der Waals surface area contributed by atoms with Crippen LogP contribution in [-0.4, -0.2) is 36.9 Å². The molecule has 3 heterocycles. The minimum atomic E-state index is -4.55. The van der Waals surface area contributed by atoms with E-state index < -0.39 is 23.8 Å². The van der Waals surface area contributed by atoms with Crippen LogP contribution < -0.4 is 4.90 Å². The topological polar surface area (TPSA) is 84.1 Å². The molecule has 1 unspecified atom stereocenters. The summed E-state index contributed by atoms with van der Waals surface area (Å²) < 4.78 is 40.1. The standard InChI is InChI=1S/C12H10F3N5O2/c1-6-2-7(12(13,14)15)3-9(18-6)20-8(10(21)22)4-19-11(20)16-5-17-19/h2-3,5,8H,4H2,1H3,(H,21,22). The highest BCUT2D eigenvalue weighted by Gasteiger charge is 2.40. The van der Waals surface area contributed by atoms with E-state index in [-0.39, 0.29) is 24.0 Å². The van der Waals surface area contributed by atoms with Crippen LogP contribution in [0.4, 0.5) is 24.9 Å². The smallest absolute Gasteiger partial charge is 0.416 e. The molecular formula is C12H10F3N5O2. The number of carboxylic acid groups (broad SMARTS) is 1. The molecular weight excluding hydrogens is 303 g/mol. The highest BCUT2D eigenvalue weighted by atomic mass is 19.4. The molecule has 22 heavy (non-hydrogen) atoms. The molecule has 1 N–H and O–H groups in total. The number of hydrogen-bond acceptors (Lipinski definition) is 5.